The van der Waals surface area contributed by atoms with Gasteiger partial charge < -0.3 is 10.1 Å². The monoisotopic (exact) mass is 383 g/mol. The fourth-order valence-electron chi connectivity index (χ4n) is 3.01. The minimum Gasteiger partial charge on any atom is -0.496 e. The van der Waals surface area contributed by atoms with Gasteiger partial charge in [0.05, 0.1) is 19.6 Å². The van der Waals surface area contributed by atoms with Gasteiger partial charge in [-0.3, -0.25) is 9.48 Å². The molecule has 0 aliphatic carbocycles. The average Bonchev–Trinajstić information content (AvgIpc) is 3.18. The van der Waals surface area contributed by atoms with Crippen LogP contribution in [0.3, 0.4) is 0 Å². The second-order valence-electron chi connectivity index (χ2n) is 6.35. The third kappa shape index (κ3) is 4.89. The minimum atomic E-state index is -0.111. The number of hydrogen-bond donors (Lipinski definition) is 1. The second kappa shape index (κ2) is 8.73. The molecule has 0 bridgehead atoms. The highest BCUT2D eigenvalue weighted by molar-refractivity contribution is 6.30. The van der Waals surface area contributed by atoms with E-state index >= 15 is 0 Å². The van der Waals surface area contributed by atoms with Gasteiger partial charge in [0, 0.05) is 29.5 Å². The van der Waals surface area contributed by atoms with Crippen molar-refractivity contribution >= 4 is 17.5 Å². The topological polar surface area (TPSA) is 56.1 Å². The lowest BCUT2D eigenvalue weighted by Gasteiger charge is -2.19. The molecular formula is C21H22ClN3O2. The summed E-state index contributed by atoms with van der Waals surface area (Å²) in [5.74, 6) is 0.655. The lowest BCUT2D eigenvalue weighted by molar-refractivity contribution is -0.120. The van der Waals surface area contributed by atoms with Gasteiger partial charge in [-0.15, -0.1) is 0 Å². The van der Waals surface area contributed by atoms with Crippen molar-refractivity contribution in [2.45, 2.75) is 19.4 Å². The SMILES string of the molecule is COc1ccc(C)cc1CC(=O)NCC(c1ccc(Cl)cc1)n1cccn1. The summed E-state index contributed by atoms with van der Waals surface area (Å²) in [6.07, 6.45) is 3.87. The maximum atomic E-state index is 12.5. The number of carbonyl (C=O) groups excluding carboxylic acids is 1. The van der Waals surface area contributed by atoms with Gasteiger partial charge >= 0.3 is 0 Å². The molecule has 1 atom stereocenters. The van der Waals surface area contributed by atoms with E-state index in [0.717, 1.165) is 22.4 Å². The number of amides is 1. The van der Waals surface area contributed by atoms with Crippen LogP contribution in [-0.2, 0) is 11.2 Å². The lowest BCUT2D eigenvalue weighted by Crippen LogP contribution is -2.32. The smallest absolute Gasteiger partial charge is 0.224 e. The van der Waals surface area contributed by atoms with Crippen molar-refractivity contribution in [2.75, 3.05) is 13.7 Å². The molecule has 1 N–H and O–H groups in total. The van der Waals surface area contributed by atoms with Gasteiger partial charge in [0.25, 0.3) is 0 Å². The van der Waals surface area contributed by atoms with Crippen molar-refractivity contribution in [2.24, 2.45) is 0 Å². The first-order valence-corrected chi connectivity index (χ1v) is 9.09. The Bertz CT molecular complexity index is 892. The number of aromatic nitrogens is 2. The minimum absolute atomic E-state index is 0.0648. The van der Waals surface area contributed by atoms with E-state index in [4.69, 9.17) is 16.3 Å². The Morgan fingerprint density at radius 2 is 2.04 bits per heavy atom. The molecule has 0 saturated heterocycles. The molecule has 1 amide bonds. The van der Waals surface area contributed by atoms with Crippen LogP contribution >= 0.6 is 11.6 Å². The summed E-state index contributed by atoms with van der Waals surface area (Å²) in [7, 11) is 1.61. The molecule has 1 unspecified atom stereocenters. The maximum absolute atomic E-state index is 12.5. The Labute approximate surface area is 163 Å². The molecule has 140 valence electrons. The van der Waals surface area contributed by atoms with E-state index in [1.165, 1.54) is 0 Å². The number of benzene rings is 2. The molecule has 0 aliphatic rings. The van der Waals surface area contributed by atoms with Gasteiger partial charge in [-0.25, -0.2) is 0 Å². The summed E-state index contributed by atoms with van der Waals surface area (Å²) in [4.78, 5) is 12.5. The molecule has 2 aromatic carbocycles. The van der Waals surface area contributed by atoms with Crippen LogP contribution in [0.25, 0.3) is 0 Å². The van der Waals surface area contributed by atoms with Crippen molar-refractivity contribution in [1.29, 1.82) is 0 Å². The van der Waals surface area contributed by atoms with Crippen LogP contribution in [0.5, 0.6) is 5.75 Å². The molecule has 0 saturated carbocycles. The normalized spacial score (nSPS) is 11.8. The van der Waals surface area contributed by atoms with Crippen LogP contribution in [0.4, 0.5) is 0 Å². The number of rotatable bonds is 7. The van der Waals surface area contributed by atoms with Crippen molar-refractivity contribution in [3.05, 3.63) is 82.6 Å². The molecule has 1 heterocycles. The number of carbonyl (C=O) groups is 1. The Hall–Kier alpha value is -2.79. The molecule has 0 aliphatic heterocycles. The quantitative estimate of drug-likeness (QED) is 0.675. The predicted octanol–water partition coefficient (Wildman–Crippen LogP) is 3.80. The van der Waals surface area contributed by atoms with E-state index < -0.39 is 0 Å². The van der Waals surface area contributed by atoms with E-state index in [2.05, 4.69) is 10.4 Å². The highest BCUT2D eigenvalue weighted by Gasteiger charge is 2.16. The standard InChI is InChI=1S/C21H22ClN3O2/c1-15-4-9-20(27-2)17(12-15)13-21(26)23-14-19(25-11-3-10-24-25)16-5-7-18(22)8-6-16/h3-12,19H,13-14H2,1-2H3,(H,23,26). The largest absolute Gasteiger partial charge is 0.496 e. The fraction of sp³-hybridized carbons (Fsp3) is 0.238. The highest BCUT2D eigenvalue weighted by atomic mass is 35.5. The number of nitrogens with one attached hydrogen (secondary N) is 1. The summed E-state index contributed by atoms with van der Waals surface area (Å²) in [5.41, 5.74) is 2.99. The van der Waals surface area contributed by atoms with Crippen molar-refractivity contribution in [3.8, 4) is 5.75 Å². The molecular weight excluding hydrogens is 362 g/mol. The number of nitrogens with zero attached hydrogens (tertiary/aromatic N) is 2. The molecule has 3 rings (SSSR count). The molecule has 1 aromatic heterocycles. The van der Waals surface area contributed by atoms with Crippen molar-refractivity contribution in [1.82, 2.24) is 15.1 Å². The average molecular weight is 384 g/mol. The third-order valence-electron chi connectivity index (χ3n) is 4.38. The highest BCUT2D eigenvalue weighted by Crippen LogP contribution is 2.21. The van der Waals surface area contributed by atoms with Gasteiger partial charge in [-0.1, -0.05) is 41.4 Å². The van der Waals surface area contributed by atoms with E-state index in [0.29, 0.717) is 11.6 Å². The molecule has 6 heteroatoms. The molecule has 0 radical (unpaired) electrons. The van der Waals surface area contributed by atoms with Gasteiger partial charge in [0.2, 0.25) is 5.91 Å². The zero-order chi connectivity index (χ0) is 19.2. The van der Waals surface area contributed by atoms with Crippen LogP contribution in [0.2, 0.25) is 5.02 Å². The number of methoxy groups -OCH3 is 1. The van der Waals surface area contributed by atoms with Crippen LogP contribution < -0.4 is 10.1 Å². The van der Waals surface area contributed by atoms with Gasteiger partial charge in [0.1, 0.15) is 5.75 Å². The Kier molecular flexibility index (Phi) is 6.14. The van der Waals surface area contributed by atoms with Gasteiger partial charge in [-0.05, 0) is 36.8 Å². The zero-order valence-corrected chi connectivity index (χ0v) is 16.1. The van der Waals surface area contributed by atoms with Crippen LogP contribution in [-0.4, -0.2) is 29.3 Å². The van der Waals surface area contributed by atoms with Gasteiger partial charge in [0.15, 0.2) is 0 Å². The summed E-state index contributed by atoms with van der Waals surface area (Å²) < 4.78 is 7.19. The number of ether oxygens (including phenoxy) is 1. The number of hydrogen-bond acceptors (Lipinski definition) is 3. The number of halogens is 1. The fourth-order valence-corrected chi connectivity index (χ4v) is 3.13. The summed E-state index contributed by atoms with van der Waals surface area (Å²) in [5, 5.41) is 8.02. The second-order valence-corrected chi connectivity index (χ2v) is 6.79. The van der Waals surface area contributed by atoms with E-state index in [1.54, 1.807) is 13.3 Å². The first-order chi connectivity index (χ1) is 13.1. The Morgan fingerprint density at radius 1 is 1.26 bits per heavy atom. The van der Waals surface area contributed by atoms with Crippen LogP contribution in [0.1, 0.15) is 22.7 Å². The summed E-state index contributed by atoms with van der Waals surface area (Å²) in [6, 6.07) is 15.2. The van der Waals surface area contributed by atoms with E-state index in [1.807, 2.05) is 66.3 Å². The zero-order valence-electron chi connectivity index (χ0n) is 15.4. The molecule has 3 aromatic rings. The van der Waals surface area contributed by atoms with Crippen LogP contribution in [0.15, 0.2) is 60.9 Å². The summed E-state index contributed by atoms with van der Waals surface area (Å²) >= 11 is 6.00. The third-order valence-corrected chi connectivity index (χ3v) is 4.63. The van der Waals surface area contributed by atoms with Crippen molar-refractivity contribution < 1.29 is 9.53 Å². The maximum Gasteiger partial charge on any atom is 0.224 e. The first-order valence-electron chi connectivity index (χ1n) is 8.71. The summed E-state index contributed by atoms with van der Waals surface area (Å²) in [6.45, 7) is 2.42. The Balaban J connectivity index is 1.71. The lowest BCUT2D eigenvalue weighted by atomic mass is 10.1. The van der Waals surface area contributed by atoms with Crippen molar-refractivity contribution in [3.63, 3.8) is 0 Å². The predicted molar refractivity (Wildman–Crippen MR) is 106 cm³/mol. The van der Waals surface area contributed by atoms with Gasteiger partial charge in [-0.2, -0.15) is 5.10 Å². The molecule has 5 nitrogen and oxygen atoms in total. The van der Waals surface area contributed by atoms with E-state index in [9.17, 15) is 4.79 Å². The Morgan fingerprint density at radius 3 is 2.70 bits per heavy atom. The van der Waals surface area contributed by atoms with Crippen LogP contribution in [0, 0.1) is 6.92 Å². The molecule has 0 fully saturated rings. The molecule has 0 spiro atoms. The van der Waals surface area contributed by atoms with E-state index in [-0.39, 0.29) is 18.4 Å². The molecule has 27 heavy (non-hydrogen) atoms. The first kappa shape index (κ1) is 19.0. The number of aryl methyl sites for hydroxylation is 1.